The summed E-state index contributed by atoms with van der Waals surface area (Å²) in [5, 5.41) is 6.93. The molecule has 1 saturated carbocycles. The Labute approximate surface area is 191 Å². The Kier molecular flexibility index (Phi) is 5.20. The van der Waals surface area contributed by atoms with Crippen LogP contribution in [-0.4, -0.2) is 60.7 Å². The maximum absolute atomic E-state index is 12.7. The number of hydrogen-bond acceptors (Lipinski definition) is 6. The van der Waals surface area contributed by atoms with E-state index in [2.05, 4.69) is 20.4 Å². The molecule has 3 aromatic heterocycles. The van der Waals surface area contributed by atoms with Crippen LogP contribution < -0.4 is 10.1 Å². The number of nitrogens with zero attached hydrogens (tertiary/aromatic N) is 6. The molecular weight excluding hydrogens is 422 g/mol. The number of aromatic nitrogens is 4. The molecule has 0 bridgehead atoms. The molecule has 0 spiro atoms. The highest BCUT2D eigenvalue weighted by Gasteiger charge is 2.41. The fraction of sp³-hybridized carbons (Fsp3) is 0.348. The number of carbonyl (C=O) groups excluding carboxylic acids is 2. The first kappa shape index (κ1) is 20.9. The Hall–Kier alpha value is -3.95. The van der Waals surface area contributed by atoms with Gasteiger partial charge in [0.05, 0.1) is 17.6 Å². The van der Waals surface area contributed by atoms with E-state index in [0.29, 0.717) is 42.1 Å². The van der Waals surface area contributed by atoms with Gasteiger partial charge in [0.15, 0.2) is 5.75 Å². The number of anilines is 1. The fourth-order valence-corrected chi connectivity index (χ4v) is 3.99. The number of pyridine rings is 2. The topological polar surface area (TPSA) is 105 Å². The van der Waals surface area contributed by atoms with Crippen LogP contribution >= 0.6 is 0 Å². The van der Waals surface area contributed by atoms with Crippen molar-refractivity contribution in [3.05, 3.63) is 48.0 Å². The second-order valence-electron chi connectivity index (χ2n) is 8.41. The number of hydrogen-bond donors (Lipinski definition) is 1. The highest BCUT2D eigenvalue weighted by atomic mass is 16.5. The van der Waals surface area contributed by atoms with Gasteiger partial charge in [0.2, 0.25) is 0 Å². The number of rotatable bonds is 5. The van der Waals surface area contributed by atoms with Gasteiger partial charge in [-0.15, -0.1) is 0 Å². The predicted molar refractivity (Wildman–Crippen MR) is 121 cm³/mol. The molecule has 2 aliphatic rings. The van der Waals surface area contributed by atoms with Crippen LogP contribution in [0.15, 0.2) is 36.8 Å². The van der Waals surface area contributed by atoms with Gasteiger partial charge in [0.1, 0.15) is 11.6 Å². The first-order valence-electron chi connectivity index (χ1n) is 10.9. The maximum Gasteiger partial charge on any atom is 0.331 e. The van der Waals surface area contributed by atoms with Crippen LogP contribution in [0.5, 0.6) is 11.5 Å². The molecule has 4 heterocycles. The number of ether oxygens (including phenoxy) is 1. The second-order valence-corrected chi connectivity index (χ2v) is 8.41. The highest BCUT2D eigenvalue weighted by Crippen LogP contribution is 2.32. The lowest BCUT2D eigenvalue weighted by molar-refractivity contribution is 0.189. The van der Waals surface area contributed by atoms with E-state index < -0.39 is 6.03 Å². The molecule has 5 rings (SSSR count). The van der Waals surface area contributed by atoms with Crippen LogP contribution in [0.4, 0.5) is 15.4 Å². The standard InChI is InChI=1S/C23H25N7O3/c1-14-10-20(27-22(31)30-9-8-29(23(30)32)17-4-5-17)26-15(2)21(14)33-18-6-7-24-19(11-18)16-12-25-28(3)13-16/h6-7,10-13,17H,4-5,8-9H2,1-3H3,(H,26,27,31). The van der Waals surface area contributed by atoms with Gasteiger partial charge in [0.25, 0.3) is 0 Å². The molecule has 0 aromatic carbocycles. The molecule has 1 N–H and O–H groups in total. The normalized spacial score (nSPS) is 15.8. The molecule has 1 saturated heterocycles. The lowest BCUT2D eigenvalue weighted by atomic mass is 10.2. The number of amides is 4. The molecule has 10 nitrogen and oxygen atoms in total. The third kappa shape index (κ3) is 4.23. The van der Waals surface area contributed by atoms with Crippen LogP contribution in [0.1, 0.15) is 24.1 Å². The van der Waals surface area contributed by atoms with E-state index in [1.165, 1.54) is 4.90 Å². The van der Waals surface area contributed by atoms with E-state index in [4.69, 9.17) is 4.74 Å². The van der Waals surface area contributed by atoms with E-state index in [1.54, 1.807) is 34.1 Å². The lowest BCUT2D eigenvalue weighted by Crippen LogP contribution is -2.39. The molecule has 0 unspecified atom stereocenters. The third-order valence-electron chi connectivity index (χ3n) is 5.79. The number of imide groups is 1. The van der Waals surface area contributed by atoms with Crippen molar-refractivity contribution in [2.75, 3.05) is 18.4 Å². The summed E-state index contributed by atoms with van der Waals surface area (Å²) in [5.41, 5.74) is 3.08. The second kappa shape index (κ2) is 8.19. The quantitative estimate of drug-likeness (QED) is 0.639. The summed E-state index contributed by atoms with van der Waals surface area (Å²) in [6.45, 7) is 4.68. The van der Waals surface area contributed by atoms with Crippen LogP contribution in [0, 0.1) is 13.8 Å². The molecule has 33 heavy (non-hydrogen) atoms. The van der Waals surface area contributed by atoms with Crippen molar-refractivity contribution in [2.45, 2.75) is 32.7 Å². The summed E-state index contributed by atoms with van der Waals surface area (Å²) >= 11 is 0. The molecule has 4 amide bonds. The Morgan fingerprint density at radius 2 is 2.03 bits per heavy atom. The van der Waals surface area contributed by atoms with Crippen molar-refractivity contribution >= 4 is 17.9 Å². The summed E-state index contributed by atoms with van der Waals surface area (Å²) in [5.74, 6) is 1.61. The zero-order valence-electron chi connectivity index (χ0n) is 18.8. The maximum atomic E-state index is 12.7. The first-order chi connectivity index (χ1) is 15.9. The van der Waals surface area contributed by atoms with E-state index in [-0.39, 0.29) is 6.03 Å². The van der Waals surface area contributed by atoms with Crippen LogP contribution in [-0.2, 0) is 7.05 Å². The predicted octanol–water partition coefficient (Wildman–Crippen LogP) is 3.72. The average Bonchev–Trinajstić information content (AvgIpc) is 3.41. The molecule has 10 heteroatoms. The molecule has 0 radical (unpaired) electrons. The zero-order valence-corrected chi connectivity index (χ0v) is 18.8. The lowest BCUT2D eigenvalue weighted by Gasteiger charge is -2.18. The molecule has 2 fully saturated rings. The van der Waals surface area contributed by atoms with Gasteiger partial charge >= 0.3 is 12.1 Å². The summed E-state index contributed by atoms with van der Waals surface area (Å²) in [6.07, 6.45) is 7.35. The highest BCUT2D eigenvalue weighted by molar-refractivity contribution is 6.01. The first-order valence-corrected chi connectivity index (χ1v) is 10.9. The molecule has 0 atom stereocenters. The molecule has 3 aromatic rings. The van der Waals surface area contributed by atoms with Crippen molar-refractivity contribution < 1.29 is 14.3 Å². The Bertz CT molecular complexity index is 1210. The third-order valence-corrected chi connectivity index (χ3v) is 5.79. The average molecular weight is 447 g/mol. The van der Waals surface area contributed by atoms with Crippen molar-refractivity contribution in [3.63, 3.8) is 0 Å². The van der Waals surface area contributed by atoms with Gasteiger partial charge < -0.3 is 9.64 Å². The number of urea groups is 2. The summed E-state index contributed by atoms with van der Waals surface area (Å²) < 4.78 is 7.84. The molecule has 1 aliphatic carbocycles. The van der Waals surface area contributed by atoms with E-state index in [1.807, 2.05) is 33.2 Å². The van der Waals surface area contributed by atoms with Crippen LogP contribution in [0.25, 0.3) is 11.3 Å². The summed E-state index contributed by atoms with van der Waals surface area (Å²) in [7, 11) is 1.85. The fourth-order valence-electron chi connectivity index (χ4n) is 3.99. The van der Waals surface area contributed by atoms with Gasteiger partial charge in [-0.05, 0) is 44.4 Å². The number of carbonyl (C=O) groups is 2. The molecule has 170 valence electrons. The Balaban J connectivity index is 1.30. The van der Waals surface area contributed by atoms with Crippen LogP contribution in [0.3, 0.4) is 0 Å². The van der Waals surface area contributed by atoms with Gasteiger partial charge in [-0.2, -0.15) is 5.10 Å². The minimum atomic E-state index is -0.460. The number of nitrogens with one attached hydrogen (secondary N) is 1. The largest absolute Gasteiger partial charge is 0.455 e. The Morgan fingerprint density at radius 1 is 1.21 bits per heavy atom. The van der Waals surface area contributed by atoms with E-state index >= 15 is 0 Å². The number of aryl methyl sites for hydroxylation is 3. The van der Waals surface area contributed by atoms with Gasteiger partial charge in [-0.25, -0.2) is 19.5 Å². The molecular formula is C23H25N7O3. The smallest absolute Gasteiger partial charge is 0.331 e. The monoisotopic (exact) mass is 447 g/mol. The minimum absolute atomic E-state index is 0.231. The van der Waals surface area contributed by atoms with Crippen molar-refractivity contribution in [1.82, 2.24) is 29.5 Å². The van der Waals surface area contributed by atoms with Crippen LogP contribution in [0.2, 0.25) is 0 Å². The van der Waals surface area contributed by atoms with E-state index in [0.717, 1.165) is 29.7 Å². The van der Waals surface area contributed by atoms with Crippen molar-refractivity contribution in [1.29, 1.82) is 0 Å². The Morgan fingerprint density at radius 3 is 2.73 bits per heavy atom. The minimum Gasteiger partial charge on any atom is -0.455 e. The summed E-state index contributed by atoms with van der Waals surface area (Å²) in [6, 6.07) is 4.96. The zero-order chi connectivity index (χ0) is 23.1. The molecule has 1 aliphatic heterocycles. The van der Waals surface area contributed by atoms with E-state index in [9.17, 15) is 9.59 Å². The summed E-state index contributed by atoms with van der Waals surface area (Å²) in [4.78, 5) is 37.0. The SMILES string of the molecule is Cc1cc(NC(=O)N2CCN(C3CC3)C2=O)nc(C)c1Oc1ccnc(-c2cnn(C)c2)c1. The van der Waals surface area contributed by atoms with Crippen molar-refractivity contribution in [2.24, 2.45) is 7.05 Å². The van der Waals surface area contributed by atoms with Crippen molar-refractivity contribution in [3.8, 4) is 22.8 Å². The van der Waals surface area contributed by atoms with Gasteiger partial charge in [-0.1, -0.05) is 0 Å². The van der Waals surface area contributed by atoms with Gasteiger partial charge in [-0.3, -0.25) is 15.0 Å². The van der Waals surface area contributed by atoms with Gasteiger partial charge in [0, 0.05) is 50.2 Å².